The van der Waals surface area contributed by atoms with Crippen LogP contribution in [0.5, 0.6) is 0 Å². The molecule has 1 heterocycles. The van der Waals surface area contributed by atoms with Crippen molar-refractivity contribution < 1.29 is 9.90 Å². The minimum atomic E-state index is -0.626. The lowest BCUT2D eigenvalue weighted by molar-refractivity contribution is 0.0369. The van der Waals surface area contributed by atoms with Crippen molar-refractivity contribution in [1.82, 2.24) is 4.90 Å². The van der Waals surface area contributed by atoms with E-state index >= 15 is 0 Å². The van der Waals surface area contributed by atoms with E-state index < -0.39 is 5.60 Å². The molecule has 1 unspecified atom stereocenters. The van der Waals surface area contributed by atoms with E-state index in [1.165, 1.54) is 5.56 Å². The molecule has 2 N–H and O–H groups in total. The Morgan fingerprint density at radius 2 is 1.56 bits per heavy atom. The summed E-state index contributed by atoms with van der Waals surface area (Å²) in [6.45, 7) is 1.47. The molecule has 2 aromatic carbocycles. The van der Waals surface area contributed by atoms with Crippen LogP contribution in [-0.2, 0) is 6.42 Å². The lowest BCUT2D eigenvalue weighted by Gasteiger charge is -2.26. The van der Waals surface area contributed by atoms with Crippen LogP contribution in [0.15, 0.2) is 60.7 Å². The van der Waals surface area contributed by atoms with Crippen molar-refractivity contribution in [2.24, 2.45) is 11.8 Å². The van der Waals surface area contributed by atoms with Gasteiger partial charge in [-0.25, -0.2) is 4.79 Å². The van der Waals surface area contributed by atoms with Crippen molar-refractivity contribution >= 4 is 11.7 Å². The second kappa shape index (κ2) is 6.52. The average molecular weight is 336 g/mol. The number of hydrogen-bond acceptors (Lipinski definition) is 2. The molecule has 4 heteroatoms. The van der Waals surface area contributed by atoms with E-state index in [4.69, 9.17) is 0 Å². The van der Waals surface area contributed by atoms with E-state index in [1.54, 1.807) is 0 Å². The topological polar surface area (TPSA) is 52.6 Å². The molecule has 1 saturated heterocycles. The van der Waals surface area contributed by atoms with Gasteiger partial charge in [-0.2, -0.15) is 0 Å². The van der Waals surface area contributed by atoms with Gasteiger partial charge >= 0.3 is 6.03 Å². The Morgan fingerprint density at radius 1 is 1.00 bits per heavy atom. The van der Waals surface area contributed by atoms with Crippen LogP contribution in [0.3, 0.4) is 0 Å². The van der Waals surface area contributed by atoms with E-state index in [9.17, 15) is 9.90 Å². The number of benzene rings is 2. The number of rotatable bonds is 3. The zero-order valence-electron chi connectivity index (χ0n) is 14.3. The fraction of sp³-hybridized carbons (Fsp3) is 0.381. The molecular weight excluding hydrogens is 312 g/mol. The molecule has 3 atom stereocenters. The number of urea groups is 1. The maximum Gasteiger partial charge on any atom is 0.321 e. The number of nitrogens with zero attached hydrogens (tertiary/aromatic N) is 1. The van der Waals surface area contributed by atoms with Crippen molar-refractivity contribution in [2.45, 2.75) is 24.9 Å². The predicted octanol–water partition coefficient (Wildman–Crippen LogP) is 3.53. The van der Waals surface area contributed by atoms with Crippen LogP contribution in [0.2, 0.25) is 0 Å². The summed E-state index contributed by atoms with van der Waals surface area (Å²) >= 11 is 0. The number of hydrogen-bond donors (Lipinski definition) is 2. The van der Waals surface area contributed by atoms with Gasteiger partial charge in [-0.15, -0.1) is 0 Å². The van der Waals surface area contributed by atoms with Crippen LogP contribution < -0.4 is 5.32 Å². The van der Waals surface area contributed by atoms with Crippen molar-refractivity contribution in [1.29, 1.82) is 0 Å². The molecule has 1 saturated carbocycles. The van der Waals surface area contributed by atoms with Gasteiger partial charge in [0.25, 0.3) is 0 Å². The van der Waals surface area contributed by atoms with Gasteiger partial charge in [-0.3, -0.25) is 0 Å². The summed E-state index contributed by atoms with van der Waals surface area (Å²) in [6, 6.07) is 19.7. The summed E-state index contributed by atoms with van der Waals surface area (Å²) in [6.07, 6.45) is 2.26. The van der Waals surface area contributed by atoms with E-state index in [-0.39, 0.29) is 6.03 Å². The number of anilines is 1. The molecule has 4 nitrogen and oxygen atoms in total. The molecule has 25 heavy (non-hydrogen) atoms. The Labute approximate surface area is 148 Å². The van der Waals surface area contributed by atoms with Crippen molar-refractivity contribution in [3.05, 3.63) is 66.2 Å². The molecule has 2 amide bonds. The molecule has 0 aromatic heterocycles. The second-order valence-corrected chi connectivity index (χ2v) is 7.52. The Bertz CT molecular complexity index is 718. The minimum absolute atomic E-state index is 0.0350. The zero-order valence-corrected chi connectivity index (χ0v) is 14.3. The highest BCUT2D eigenvalue weighted by Gasteiger charge is 2.49. The van der Waals surface area contributed by atoms with Crippen LogP contribution in [0.25, 0.3) is 0 Å². The second-order valence-electron chi connectivity index (χ2n) is 7.52. The first-order chi connectivity index (χ1) is 12.1. The van der Waals surface area contributed by atoms with Gasteiger partial charge in [0, 0.05) is 25.2 Å². The SMILES string of the molecule is O=C(Nc1ccccc1)N1C[C@@H]2CC(O)(Cc3ccccc3)C[C@@H]2C1. The predicted molar refractivity (Wildman–Crippen MR) is 98.3 cm³/mol. The zero-order chi connectivity index (χ0) is 17.3. The summed E-state index contributed by atoms with van der Waals surface area (Å²) in [5, 5.41) is 13.9. The summed E-state index contributed by atoms with van der Waals surface area (Å²) in [7, 11) is 0. The molecule has 4 rings (SSSR count). The van der Waals surface area contributed by atoms with Gasteiger partial charge in [-0.1, -0.05) is 48.5 Å². The molecule has 2 aliphatic rings. The Kier molecular flexibility index (Phi) is 4.22. The maximum absolute atomic E-state index is 12.5. The maximum atomic E-state index is 12.5. The Hall–Kier alpha value is -2.33. The molecule has 2 fully saturated rings. The number of carbonyl (C=O) groups excluding carboxylic acids is 1. The third-order valence-electron chi connectivity index (χ3n) is 5.55. The van der Waals surface area contributed by atoms with Crippen LogP contribution >= 0.6 is 0 Å². The van der Waals surface area contributed by atoms with Gasteiger partial charge in [0.15, 0.2) is 0 Å². The highest BCUT2D eigenvalue weighted by atomic mass is 16.3. The quantitative estimate of drug-likeness (QED) is 0.901. The molecule has 0 spiro atoms. The summed E-state index contributed by atoms with van der Waals surface area (Å²) in [5.74, 6) is 0.797. The standard InChI is InChI=1S/C21H24N2O2/c24-20(22-19-9-5-2-6-10-19)23-14-17-12-21(25,13-18(17)15-23)11-16-7-3-1-4-8-16/h1-10,17-18,25H,11-15H2,(H,22,24)/t17-,18+,21?. The summed E-state index contributed by atoms with van der Waals surface area (Å²) in [4.78, 5) is 14.3. The fourth-order valence-electron chi connectivity index (χ4n) is 4.47. The smallest absolute Gasteiger partial charge is 0.321 e. The molecule has 130 valence electrons. The highest BCUT2D eigenvalue weighted by molar-refractivity contribution is 5.89. The third kappa shape index (κ3) is 3.54. The Morgan fingerprint density at radius 3 is 2.16 bits per heavy atom. The number of aliphatic hydroxyl groups is 1. The Balaban J connectivity index is 1.35. The van der Waals surface area contributed by atoms with E-state index in [0.717, 1.165) is 31.6 Å². The van der Waals surface area contributed by atoms with E-state index in [2.05, 4.69) is 17.4 Å². The van der Waals surface area contributed by atoms with Crippen molar-refractivity contribution in [2.75, 3.05) is 18.4 Å². The van der Waals surface area contributed by atoms with Crippen molar-refractivity contribution in [3.63, 3.8) is 0 Å². The molecule has 1 aliphatic heterocycles. The minimum Gasteiger partial charge on any atom is -0.390 e. The number of para-hydroxylation sites is 1. The first-order valence-electron chi connectivity index (χ1n) is 8.99. The molecular formula is C21H24N2O2. The van der Waals surface area contributed by atoms with Gasteiger partial charge in [0.1, 0.15) is 0 Å². The first kappa shape index (κ1) is 16.2. The molecule has 1 aliphatic carbocycles. The number of likely N-dealkylation sites (tertiary alicyclic amines) is 1. The van der Waals surface area contributed by atoms with E-state index in [1.807, 2.05) is 53.4 Å². The molecule has 2 aromatic rings. The largest absolute Gasteiger partial charge is 0.390 e. The van der Waals surface area contributed by atoms with Gasteiger partial charge < -0.3 is 15.3 Å². The highest BCUT2D eigenvalue weighted by Crippen LogP contribution is 2.45. The molecule has 0 radical (unpaired) electrons. The van der Waals surface area contributed by atoms with Crippen LogP contribution in [-0.4, -0.2) is 34.7 Å². The normalized spacial score (nSPS) is 28.0. The summed E-state index contributed by atoms with van der Waals surface area (Å²) in [5.41, 5.74) is 1.38. The first-order valence-corrected chi connectivity index (χ1v) is 8.99. The number of nitrogens with one attached hydrogen (secondary N) is 1. The van der Waals surface area contributed by atoms with Gasteiger partial charge in [-0.05, 0) is 42.4 Å². The van der Waals surface area contributed by atoms with Crippen LogP contribution in [0.1, 0.15) is 18.4 Å². The van der Waals surface area contributed by atoms with Crippen LogP contribution in [0, 0.1) is 11.8 Å². The lowest BCUT2D eigenvalue weighted by atomic mass is 9.91. The monoisotopic (exact) mass is 336 g/mol. The third-order valence-corrected chi connectivity index (χ3v) is 5.55. The van der Waals surface area contributed by atoms with E-state index in [0.29, 0.717) is 18.3 Å². The number of fused-ring (bicyclic) bond motifs is 1. The summed E-state index contributed by atoms with van der Waals surface area (Å²) < 4.78 is 0. The molecule has 0 bridgehead atoms. The van der Waals surface area contributed by atoms with Gasteiger partial charge in [0.2, 0.25) is 0 Å². The number of amides is 2. The fourth-order valence-corrected chi connectivity index (χ4v) is 4.47. The van der Waals surface area contributed by atoms with Gasteiger partial charge in [0.05, 0.1) is 5.60 Å². The average Bonchev–Trinajstić information content (AvgIpc) is 3.11. The lowest BCUT2D eigenvalue weighted by Crippen LogP contribution is -2.36. The number of carbonyl (C=O) groups is 1. The van der Waals surface area contributed by atoms with Crippen LogP contribution in [0.4, 0.5) is 10.5 Å². The van der Waals surface area contributed by atoms with Crippen molar-refractivity contribution in [3.8, 4) is 0 Å².